The molecule has 1 aromatic rings. The van der Waals surface area contributed by atoms with Gasteiger partial charge in [-0.15, -0.1) is 12.4 Å². The van der Waals surface area contributed by atoms with Gasteiger partial charge in [-0.3, -0.25) is 11.3 Å². The number of hydrogen-bond donors (Lipinski definition) is 2. The van der Waals surface area contributed by atoms with Gasteiger partial charge < -0.3 is 0 Å². The zero-order valence-corrected chi connectivity index (χ0v) is 10.1. The Morgan fingerprint density at radius 1 is 1.27 bits per heavy atom. The van der Waals surface area contributed by atoms with Crippen LogP contribution < -0.4 is 11.3 Å². The number of benzene rings is 1. The first-order chi connectivity index (χ1) is 6.88. The van der Waals surface area contributed by atoms with Crippen molar-refractivity contribution in [3.63, 3.8) is 0 Å². The molecule has 3 heteroatoms. The molecule has 1 unspecified atom stereocenters. The van der Waals surface area contributed by atoms with Crippen LogP contribution in [0.1, 0.15) is 37.7 Å². The van der Waals surface area contributed by atoms with E-state index < -0.39 is 0 Å². The highest BCUT2D eigenvalue weighted by Crippen LogP contribution is 2.23. The smallest absolute Gasteiger partial charge is 0.00976 e. The monoisotopic (exact) mass is 228 g/mol. The Labute approximate surface area is 98.6 Å². The summed E-state index contributed by atoms with van der Waals surface area (Å²) in [7, 11) is 0. The van der Waals surface area contributed by atoms with Gasteiger partial charge in [-0.25, -0.2) is 0 Å². The van der Waals surface area contributed by atoms with E-state index in [-0.39, 0.29) is 12.4 Å². The molecule has 0 aliphatic carbocycles. The third-order valence-electron chi connectivity index (χ3n) is 2.64. The number of hydrogen-bond acceptors (Lipinski definition) is 2. The molecule has 0 bridgehead atoms. The number of hydrazine groups is 1. The maximum Gasteiger partial charge on any atom is 0.00976 e. The summed E-state index contributed by atoms with van der Waals surface area (Å²) in [6.45, 7) is 3.15. The van der Waals surface area contributed by atoms with Crippen molar-refractivity contribution in [2.45, 2.75) is 32.1 Å². The molecule has 0 radical (unpaired) electrons. The van der Waals surface area contributed by atoms with Crippen LogP contribution in [0.4, 0.5) is 0 Å². The minimum absolute atomic E-state index is 0. The SMILES string of the molecule is CCC(CCCNN)c1ccccc1.Cl. The first-order valence-corrected chi connectivity index (χ1v) is 5.37. The topological polar surface area (TPSA) is 38.0 Å². The fraction of sp³-hybridized carbons (Fsp3) is 0.500. The van der Waals surface area contributed by atoms with Gasteiger partial charge in [0.15, 0.2) is 0 Å². The molecule has 2 nitrogen and oxygen atoms in total. The molecule has 1 rings (SSSR count). The molecule has 0 saturated heterocycles. The first kappa shape index (κ1) is 14.4. The summed E-state index contributed by atoms with van der Waals surface area (Å²) in [6, 6.07) is 10.7. The zero-order chi connectivity index (χ0) is 10.2. The Kier molecular flexibility index (Phi) is 8.38. The predicted octanol–water partition coefficient (Wildman–Crippen LogP) is 2.85. The Balaban J connectivity index is 0.00000196. The van der Waals surface area contributed by atoms with Crippen molar-refractivity contribution in [3.05, 3.63) is 35.9 Å². The highest BCUT2D eigenvalue weighted by molar-refractivity contribution is 5.85. The minimum atomic E-state index is 0. The van der Waals surface area contributed by atoms with Crippen molar-refractivity contribution in [2.75, 3.05) is 6.54 Å². The summed E-state index contributed by atoms with van der Waals surface area (Å²) >= 11 is 0. The van der Waals surface area contributed by atoms with E-state index in [2.05, 4.69) is 42.7 Å². The van der Waals surface area contributed by atoms with Gasteiger partial charge >= 0.3 is 0 Å². The van der Waals surface area contributed by atoms with E-state index in [0.717, 1.165) is 13.0 Å². The van der Waals surface area contributed by atoms with E-state index in [1.165, 1.54) is 18.4 Å². The number of nitrogens with one attached hydrogen (secondary N) is 1. The normalized spacial score (nSPS) is 11.9. The van der Waals surface area contributed by atoms with Crippen molar-refractivity contribution < 1.29 is 0 Å². The van der Waals surface area contributed by atoms with Crippen LogP contribution >= 0.6 is 12.4 Å². The average molecular weight is 229 g/mol. The summed E-state index contributed by atoms with van der Waals surface area (Å²) in [6.07, 6.45) is 3.56. The van der Waals surface area contributed by atoms with Gasteiger partial charge in [-0.1, -0.05) is 37.3 Å². The van der Waals surface area contributed by atoms with Gasteiger partial charge in [0.2, 0.25) is 0 Å². The lowest BCUT2D eigenvalue weighted by Gasteiger charge is -2.14. The average Bonchev–Trinajstić information content (AvgIpc) is 2.26. The summed E-state index contributed by atoms with van der Waals surface area (Å²) in [5.41, 5.74) is 4.15. The van der Waals surface area contributed by atoms with Gasteiger partial charge in [0.05, 0.1) is 0 Å². The van der Waals surface area contributed by atoms with Crippen molar-refractivity contribution in [2.24, 2.45) is 5.84 Å². The fourth-order valence-electron chi connectivity index (χ4n) is 1.78. The quantitative estimate of drug-likeness (QED) is 0.447. The fourth-order valence-corrected chi connectivity index (χ4v) is 1.78. The lowest BCUT2D eigenvalue weighted by atomic mass is 9.92. The van der Waals surface area contributed by atoms with Gasteiger partial charge in [0.25, 0.3) is 0 Å². The Hall–Kier alpha value is -0.570. The Morgan fingerprint density at radius 3 is 2.47 bits per heavy atom. The lowest BCUT2D eigenvalue weighted by molar-refractivity contribution is 0.551. The number of rotatable bonds is 6. The highest BCUT2D eigenvalue weighted by atomic mass is 35.5. The molecule has 0 fully saturated rings. The van der Waals surface area contributed by atoms with Crippen LogP contribution in [0.5, 0.6) is 0 Å². The van der Waals surface area contributed by atoms with Gasteiger partial charge in [-0.2, -0.15) is 0 Å². The van der Waals surface area contributed by atoms with E-state index in [4.69, 9.17) is 5.84 Å². The van der Waals surface area contributed by atoms with E-state index in [1.54, 1.807) is 0 Å². The van der Waals surface area contributed by atoms with Crippen LogP contribution in [0, 0.1) is 0 Å². The van der Waals surface area contributed by atoms with Crippen LogP contribution in [0.15, 0.2) is 30.3 Å². The molecular formula is C12H21ClN2. The van der Waals surface area contributed by atoms with Crippen LogP contribution in [0.3, 0.4) is 0 Å². The van der Waals surface area contributed by atoms with E-state index in [0.29, 0.717) is 5.92 Å². The summed E-state index contributed by atoms with van der Waals surface area (Å²) in [5, 5.41) is 0. The molecule has 0 aliphatic rings. The van der Waals surface area contributed by atoms with E-state index in [9.17, 15) is 0 Å². The molecular weight excluding hydrogens is 208 g/mol. The first-order valence-electron chi connectivity index (χ1n) is 5.37. The second kappa shape index (κ2) is 8.72. The van der Waals surface area contributed by atoms with Crippen LogP contribution in [-0.2, 0) is 0 Å². The summed E-state index contributed by atoms with van der Waals surface area (Å²) in [4.78, 5) is 0. The second-order valence-corrected chi connectivity index (χ2v) is 3.61. The Morgan fingerprint density at radius 2 is 1.93 bits per heavy atom. The van der Waals surface area contributed by atoms with Crippen molar-refractivity contribution in [3.8, 4) is 0 Å². The third-order valence-corrected chi connectivity index (χ3v) is 2.64. The summed E-state index contributed by atoms with van der Waals surface area (Å²) in [5.74, 6) is 5.93. The predicted molar refractivity (Wildman–Crippen MR) is 68.1 cm³/mol. The number of halogens is 1. The number of nitrogens with two attached hydrogens (primary N) is 1. The van der Waals surface area contributed by atoms with Crippen molar-refractivity contribution in [1.29, 1.82) is 0 Å². The maximum absolute atomic E-state index is 5.24. The van der Waals surface area contributed by atoms with Crippen LogP contribution in [0.2, 0.25) is 0 Å². The molecule has 0 amide bonds. The highest BCUT2D eigenvalue weighted by Gasteiger charge is 2.07. The van der Waals surface area contributed by atoms with Gasteiger partial charge in [-0.05, 0) is 30.7 Å². The van der Waals surface area contributed by atoms with Gasteiger partial charge in [0, 0.05) is 6.54 Å². The molecule has 3 N–H and O–H groups in total. The maximum atomic E-state index is 5.24. The van der Waals surface area contributed by atoms with Crippen LogP contribution in [-0.4, -0.2) is 6.54 Å². The molecule has 0 saturated carbocycles. The molecule has 0 aliphatic heterocycles. The van der Waals surface area contributed by atoms with E-state index in [1.807, 2.05) is 0 Å². The molecule has 0 aromatic heterocycles. The summed E-state index contributed by atoms with van der Waals surface area (Å²) < 4.78 is 0. The molecule has 1 atom stereocenters. The Bertz CT molecular complexity index is 239. The van der Waals surface area contributed by atoms with E-state index >= 15 is 0 Å². The molecule has 0 heterocycles. The molecule has 0 spiro atoms. The van der Waals surface area contributed by atoms with Crippen LogP contribution in [0.25, 0.3) is 0 Å². The van der Waals surface area contributed by atoms with Crippen molar-refractivity contribution >= 4 is 12.4 Å². The molecule has 86 valence electrons. The molecule has 1 aromatic carbocycles. The van der Waals surface area contributed by atoms with Crippen molar-refractivity contribution in [1.82, 2.24) is 5.43 Å². The van der Waals surface area contributed by atoms with Gasteiger partial charge in [0.1, 0.15) is 0 Å². The molecule has 15 heavy (non-hydrogen) atoms. The largest absolute Gasteiger partial charge is 0.271 e. The lowest BCUT2D eigenvalue weighted by Crippen LogP contribution is -2.23. The standard InChI is InChI=1S/C12H20N2.ClH/c1-2-11(9-6-10-14-13)12-7-4-3-5-8-12;/h3-5,7-8,11,14H,2,6,9-10,13H2,1H3;1H. The zero-order valence-electron chi connectivity index (χ0n) is 9.28. The second-order valence-electron chi connectivity index (χ2n) is 3.61. The minimum Gasteiger partial charge on any atom is -0.271 e. The third kappa shape index (κ3) is 5.17.